The van der Waals surface area contributed by atoms with E-state index in [4.69, 9.17) is 21.1 Å². The molecule has 1 aliphatic heterocycles. The molecule has 0 atom stereocenters. The van der Waals surface area contributed by atoms with E-state index in [0.29, 0.717) is 40.6 Å². The van der Waals surface area contributed by atoms with Crippen molar-refractivity contribution in [1.29, 1.82) is 0 Å². The normalized spacial score (nSPS) is 14.1. The van der Waals surface area contributed by atoms with Crippen LogP contribution in [0.3, 0.4) is 0 Å². The lowest BCUT2D eigenvalue weighted by Gasteiger charge is -2.16. The fraction of sp³-hybridized carbons (Fsp3) is 0.304. The number of benzene rings is 2. The van der Waals surface area contributed by atoms with Gasteiger partial charge in [-0.15, -0.1) is 0 Å². The smallest absolute Gasteiger partial charge is 0.278 e. The Morgan fingerprint density at radius 3 is 2.27 bits per heavy atom. The van der Waals surface area contributed by atoms with E-state index in [9.17, 15) is 9.59 Å². The number of carbonyl (C=O) groups is 2. The molecular weight excluding hydrogens is 404 g/mol. The molecule has 30 heavy (non-hydrogen) atoms. The van der Waals surface area contributed by atoms with E-state index in [1.807, 2.05) is 13.8 Å². The minimum Gasteiger partial charge on any atom is -0.497 e. The molecular formula is C23H25ClN2O4. The summed E-state index contributed by atoms with van der Waals surface area (Å²) in [6.45, 7) is 4.66. The van der Waals surface area contributed by atoms with Gasteiger partial charge in [0.1, 0.15) is 11.4 Å². The van der Waals surface area contributed by atoms with Crippen molar-refractivity contribution in [3.63, 3.8) is 0 Å². The lowest BCUT2D eigenvalue weighted by atomic mass is 10.0. The van der Waals surface area contributed by atoms with Gasteiger partial charge in [0.2, 0.25) is 0 Å². The van der Waals surface area contributed by atoms with Crippen molar-refractivity contribution < 1.29 is 19.1 Å². The van der Waals surface area contributed by atoms with Crippen LogP contribution in [-0.2, 0) is 14.3 Å². The van der Waals surface area contributed by atoms with E-state index < -0.39 is 0 Å². The first-order valence-corrected chi connectivity index (χ1v) is 10.2. The molecule has 0 spiro atoms. The summed E-state index contributed by atoms with van der Waals surface area (Å²) in [6, 6.07) is 14.0. The van der Waals surface area contributed by atoms with Crippen molar-refractivity contribution in [1.82, 2.24) is 4.90 Å². The third kappa shape index (κ3) is 5.01. The Labute approximate surface area is 181 Å². The van der Waals surface area contributed by atoms with Crippen LogP contribution in [0.2, 0.25) is 5.02 Å². The molecule has 2 aromatic carbocycles. The van der Waals surface area contributed by atoms with Crippen molar-refractivity contribution in [2.75, 3.05) is 25.6 Å². The molecule has 0 bridgehead atoms. The molecule has 2 amide bonds. The fourth-order valence-corrected chi connectivity index (χ4v) is 3.27. The number of carbonyl (C=O) groups excluding carboxylic acids is 2. The second-order valence-corrected chi connectivity index (χ2v) is 7.58. The van der Waals surface area contributed by atoms with Crippen LogP contribution in [0.4, 0.5) is 5.69 Å². The number of hydrogen-bond donors (Lipinski definition) is 1. The van der Waals surface area contributed by atoms with Crippen molar-refractivity contribution in [2.24, 2.45) is 0 Å². The van der Waals surface area contributed by atoms with Crippen LogP contribution in [-0.4, -0.2) is 43.1 Å². The number of nitrogens with zero attached hydrogens (tertiary/aromatic N) is 1. The Hall–Kier alpha value is -2.83. The second-order valence-electron chi connectivity index (χ2n) is 7.15. The lowest BCUT2D eigenvalue weighted by molar-refractivity contribution is -0.137. The minimum absolute atomic E-state index is 0.102. The molecule has 6 nitrogen and oxygen atoms in total. The number of anilines is 1. The van der Waals surface area contributed by atoms with E-state index in [-0.39, 0.29) is 30.2 Å². The highest BCUT2D eigenvalue weighted by molar-refractivity contribution is 6.36. The van der Waals surface area contributed by atoms with Gasteiger partial charge in [-0.2, -0.15) is 0 Å². The maximum absolute atomic E-state index is 13.1. The molecule has 0 unspecified atom stereocenters. The van der Waals surface area contributed by atoms with Crippen molar-refractivity contribution in [3.05, 3.63) is 64.8 Å². The van der Waals surface area contributed by atoms with Gasteiger partial charge in [0, 0.05) is 23.9 Å². The van der Waals surface area contributed by atoms with E-state index >= 15 is 0 Å². The summed E-state index contributed by atoms with van der Waals surface area (Å²) in [4.78, 5) is 27.5. The zero-order chi connectivity index (χ0) is 21.7. The van der Waals surface area contributed by atoms with E-state index in [1.54, 1.807) is 55.6 Å². The van der Waals surface area contributed by atoms with Crippen LogP contribution in [0.15, 0.2) is 54.2 Å². The number of halogens is 1. The molecule has 1 aliphatic rings. The molecule has 0 radical (unpaired) electrons. The zero-order valence-corrected chi connectivity index (χ0v) is 18.0. The predicted molar refractivity (Wildman–Crippen MR) is 117 cm³/mol. The van der Waals surface area contributed by atoms with Gasteiger partial charge in [-0.3, -0.25) is 14.5 Å². The number of hydrogen-bond acceptors (Lipinski definition) is 5. The van der Waals surface area contributed by atoms with Crippen molar-refractivity contribution >= 4 is 34.7 Å². The van der Waals surface area contributed by atoms with Gasteiger partial charge in [0.05, 0.1) is 18.8 Å². The van der Waals surface area contributed by atoms with E-state index in [1.165, 1.54) is 4.90 Å². The summed E-state index contributed by atoms with van der Waals surface area (Å²) >= 11 is 6.00. The molecule has 1 N–H and O–H groups in total. The van der Waals surface area contributed by atoms with Crippen LogP contribution in [0.1, 0.15) is 25.8 Å². The molecule has 158 valence electrons. The van der Waals surface area contributed by atoms with Gasteiger partial charge in [-0.05, 0) is 62.2 Å². The number of amides is 2. The molecule has 7 heteroatoms. The first kappa shape index (κ1) is 21.9. The summed E-state index contributed by atoms with van der Waals surface area (Å²) in [6.07, 6.45) is 0.671. The molecule has 3 rings (SSSR count). The Morgan fingerprint density at radius 2 is 1.67 bits per heavy atom. The van der Waals surface area contributed by atoms with Gasteiger partial charge in [-0.25, -0.2) is 0 Å². The molecule has 0 saturated carbocycles. The Morgan fingerprint density at radius 1 is 1.00 bits per heavy atom. The lowest BCUT2D eigenvalue weighted by Crippen LogP contribution is -2.34. The molecule has 0 aliphatic carbocycles. The monoisotopic (exact) mass is 428 g/mol. The fourth-order valence-electron chi connectivity index (χ4n) is 3.14. The largest absolute Gasteiger partial charge is 0.497 e. The van der Waals surface area contributed by atoms with E-state index in [0.717, 1.165) is 0 Å². The highest BCUT2D eigenvalue weighted by Gasteiger charge is 2.38. The van der Waals surface area contributed by atoms with Gasteiger partial charge in [-0.1, -0.05) is 23.7 Å². The summed E-state index contributed by atoms with van der Waals surface area (Å²) in [5.74, 6) is 0.0151. The van der Waals surface area contributed by atoms with Crippen LogP contribution >= 0.6 is 11.6 Å². The van der Waals surface area contributed by atoms with Crippen LogP contribution in [0, 0.1) is 0 Å². The first-order chi connectivity index (χ1) is 14.4. The molecule has 0 fully saturated rings. The molecule has 0 saturated heterocycles. The van der Waals surface area contributed by atoms with Crippen LogP contribution in [0.25, 0.3) is 5.57 Å². The predicted octanol–water partition coefficient (Wildman–Crippen LogP) is 4.36. The van der Waals surface area contributed by atoms with E-state index in [2.05, 4.69) is 5.32 Å². The van der Waals surface area contributed by atoms with Crippen molar-refractivity contribution in [3.8, 4) is 5.75 Å². The Kier molecular flexibility index (Phi) is 7.13. The van der Waals surface area contributed by atoms with Crippen LogP contribution in [0.5, 0.6) is 5.75 Å². The summed E-state index contributed by atoms with van der Waals surface area (Å²) in [7, 11) is 1.59. The highest BCUT2D eigenvalue weighted by atomic mass is 35.5. The number of nitrogens with one attached hydrogen (secondary N) is 1. The maximum atomic E-state index is 13.1. The standard InChI is InChI=1S/C23H25ClN2O4/c1-15(2)30-14-4-13-26-22(27)20(16-5-7-17(24)8-6-16)21(23(26)28)25-18-9-11-19(29-3)12-10-18/h5-12,15,25H,4,13-14H2,1-3H3. The second kappa shape index (κ2) is 9.78. The average Bonchev–Trinajstić information content (AvgIpc) is 2.96. The molecule has 1 heterocycles. The number of methoxy groups -OCH3 is 1. The minimum atomic E-state index is -0.356. The molecule has 2 aromatic rings. The third-order valence-corrected chi connectivity index (χ3v) is 4.89. The third-order valence-electron chi connectivity index (χ3n) is 4.64. The van der Waals surface area contributed by atoms with Crippen LogP contribution < -0.4 is 10.1 Å². The first-order valence-electron chi connectivity index (χ1n) is 9.79. The quantitative estimate of drug-likeness (QED) is 0.475. The number of ether oxygens (including phenoxy) is 2. The topological polar surface area (TPSA) is 67.9 Å². The Balaban J connectivity index is 1.88. The van der Waals surface area contributed by atoms with Gasteiger partial charge in [0.15, 0.2) is 0 Å². The average molecular weight is 429 g/mol. The highest BCUT2D eigenvalue weighted by Crippen LogP contribution is 2.31. The van der Waals surface area contributed by atoms with Gasteiger partial charge >= 0.3 is 0 Å². The zero-order valence-electron chi connectivity index (χ0n) is 17.3. The molecule has 0 aromatic heterocycles. The maximum Gasteiger partial charge on any atom is 0.278 e. The van der Waals surface area contributed by atoms with Crippen molar-refractivity contribution in [2.45, 2.75) is 26.4 Å². The summed E-state index contributed by atoms with van der Waals surface area (Å²) < 4.78 is 10.7. The summed E-state index contributed by atoms with van der Waals surface area (Å²) in [5, 5.41) is 3.68. The number of rotatable bonds is 9. The van der Waals surface area contributed by atoms with Gasteiger partial charge in [0.25, 0.3) is 11.8 Å². The number of imide groups is 1. The summed E-state index contributed by atoms with van der Waals surface area (Å²) in [5.41, 5.74) is 1.90. The SMILES string of the molecule is COc1ccc(NC2=C(c3ccc(Cl)cc3)C(=O)N(CCCOC(C)C)C2=O)cc1. The Bertz CT molecular complexity index is 937. The van der Waals surface area contributed by atoms with Gasteiger partial charge < -0.3 is 14.8 Å².